The first-order chi connectivity index (χ1) is 15.3. The van der Waals surface area contributed by atoms with Gasteiger partial charge in [0.15, 0.2) is 11.6 Å². The molecule has 2 N–H and O–H groups in total. The van der Waals surface area contributed by atoms with Gasteiger partial charge in [-0.2, -0.15) is 0 Å². The number of anilines is 2. The number of aryl methyl sites for hydroxylation is 1. The third-order valence-electron chi connectivity index (χ3n) is 5.03. The van der Waals surface area contributed by atoms with E-state index in [1.165, 1.54) is 12.1 Å². The fourth-order valence-corrected chi connectivity index (χ4v) is 4.24. The standard InChI is InChI=1S/C21H18F3N5O2S/c1-11-4-5-13(9-15(11)23)26-21(31)29-8-2-3-17(29)19-27-28-20(32-19)18(30)25-12-6-7-14(22)16(24)10-12/h4-7,9-10,17H,2-3,8H2,1H3,(H,25,30)(H,26,31)/t17-/m0/s1. The van der Waals surface area contributed by atoms with Crippen LogP contribution in [0.3, 0.4) is 0 Å². The molecule has 7 nitrogen and oxygen atoms in total. The van der Waals surface area contributed by atoms with Crippen molar-refractivity contribution in [2.24, 2.45) is 0 Å². The summed E-state index contributed by atoms with van der Waals surface area (Å²) in [6, 6.07) is 6.67. The van der Waals surface area contributed by atoms with Gasteiger partial charge in [0, 0.05) is 24.0 Å². The van der Waals surface area contributed by atoms with Gasteiger partial charge in [-0.15, -0.1) is 10.2 Å². The van der Waals surface area contributed by atoms with Crippen molar-refractivity contribution in [3.8, 4) is 0 Å². The number of halogens is 3. The molecule has 32 heavy (non-hydrogen) atoms. The number of hydrogen-bond acceptors (Lipinski definition) is 5. The predicted octanol–water partition coefficient (Wildman–Crippen LogP) is 4.89. The Hall–Kier alpha value is -3.47. The maximum absolute atomic E-state index is 13.8. The fraction of sp³-hybridized carbons (Fsp3) is 0.238. The third-order valence-corrected chi connectivity index (χ3v) is 6.06. The van der Waals surface area contributed by atoms with E-state index in [1.807, 2.05) is 0 Å². The number of carbonyl (C=O) groups is 2. The Labute approximate surface area is 185 Å². The monoisotopic (exact) mass is 461 g/mol. The van der Waals surface area contributed by atoms with Gasteiger partial charge in [0.2, 0.25) is 5.01 Å². The molecule has 1 aliphatic heterocycles. The minimum atomic E-state index is -1.08. The molecule has 1 aliphatic rings. The first kappa shape index (κ1) is 21.8. The van der Waals surface area contributed by atoms with Gasteiger partial charge in [-0.1, -0.05) is 17.4 Å². The maximum atomic E-state index is 13.8. The van der Waals surface area contributed by atoms with Crippen molar-refractivity contribution in [3.63, 3.8) is 0 Å². The van der Waals surface area contributed by atoms with E-state index >= 15 is 0 Å². The average Bonchev–Trinajstić information content (AvgIpc) is 3.43. The van der Waals surface area contributed by atoms with Crippen molar-refractivity contribution in [2.45, 2.75) is 25.8 Å². The fourth-order valence-electron chi connectivity index (χ4n) is 3.35. The molecule has 0 saturated carbocycles. The second-order valence-electron chi connectivity index (χ2n) is 7.27. The van der Waals surface area contributed by atoms with Crippen molar-refractivity contribution in [2.75, 3.05) is 17.2 Å². The van der Waals surface area contributed by atoms with Crippen LogP contribution in [0.4, 0.5) is 29.3 Å². The molecule has 3 amide bonds. The van der Waals surface area contributed by atoms with Crippen LogP contribution in [-0.4, -0.2) is 33.6 Å². The van der Waals surface area contributed by atoms with Gasteiger partial charge in [0.25, 0.3) is 5.91 Å². The van der Waals surface area contributed by atoms with E-state index in [9.17, 15) is 22.8 Å². The largest absolute Gasteiger partial charge is 0.322 e. The summed E-state index contributed by atoms with van der Waals surface area (Å²) in [6.45, 7) is 2.11. The molecule has 2 aromatic carbocycles. The zero-order valence-electron chi connectivity index (χ0n) is 16.9. The lowest BCUT2D eigenvalue weighted by Gasteiger charge is -2.23. The Kier molecular flexibility index (Phi) is 6.08. The molecule has 0 aliphatic carbocycles. The first-order valence-electron chi connectivity index (χ1n) is 9.75. The Morgan fingerprint density at radius 1 is 1.00 bits per heavy atom. The van der Waals surface area contributed by atoms with Gasteiger partial charge in [-0.25, -0.2) is 18.0 Å². The van der Waals surface area contributed by atoms with E-state index in [0.717, 1.165) is 29.9 Å². The Balaban J connectivity index is 1.45. The molecular formula is C21H18F3N5O2S. The second kappa shape index (κ2) is 8.95. The number of rotatable bonds is 4. The van der Waals surface area contributed by atoms with Crippen molar-refractivity contribution in [3.05, 3.63) is 69.4 Å². The highest BCUT2D eigenvalue weighted by molar-refractivity contribution is 7.13. The van der Waals surface area contributed by atoms with E-state index in [-0.39, 0.29) is 16.7 Å². The van der Waals surface area contributed by atoms with E-state index in [0.29, 0.717) is 29.2 Å². The van der Waals surface area contributed by atoms with Crippen molar-refractivity contribution < 1.29 is 22.8 Å². The molecule has 11 heteroatoms. The highest BCUT2D eigenvalue weighted by atomic mass is 32.1. The molecule has 3 aromatic rings. The van der Waals surface area contributed by atoms with Crippen LogP contribution in [0.15, 0.2) is 36.4 Å². The number of amides is 3. The smallest absolute Gasteiger partial charge is 0.320 e. The van der Waals surface area contributed by atoms with Crippen molar-refractivity contribution >= 4 is 34.6 Å². The number of aromatic nitrogens is 2. The van der Waals surface area contributed by atoms with Gasteiger partial charge in [-0.3, -0.25) is 4.79 Å². The molecule has 1 fully saturated rings. The summed E-state index contributed by atoms with van der Waals surface area (Å²) in [5.74, 6) is -3.14. The summed E-state index contributed by atoms with van der Waals surface area (Å²) < 4.78 is 40.2. The first-order valence-corrected chi connectivity index (χ1v) is 10.6. The zero-order valence-corrected chi connectivity index (χ0v) is 17.7. The SMILES string of the molecule is Cc1ccc(NC(=O)N2CCC[C@H]2c2nnc(C(=O)Nc3ccc(F)c(F)c3)s2)cc1F. The predicted molar refractivity (Wildman–Crippen MR) is 113 cm³/mol. The number of carbonyl (C=O) groups excluding carboxylic acids is 2. The van der Waals surface area contributed by atoms with Gasteiger partial charge in [-0.05, 0) is 49.6 Å². The summed E-state index contributed by atoms with van der Waals surface area (Å²) in [7, 11) is 0. The van der Waals surface area contributed by atoms with Crippen LogP contribution in [0.2, 0.25) is 0 Å². The number of hydrogen-bond donors (Lipinski definition) is 2. The molecule has 1 saturated heterocycles. The molecule has 0 bridgehead atoms. The van der Waals surface area contributed by atoms with E-state index in [2.05, 4.69) is 20.8 Å². The quantitative estimate of drug-likeness (QED) is 0.580. The Morgan fingerprint density at radius 3 is 2.47 bits per heavy atom. The van der Waals surface area contributed by atoms with Crippen LogP contribution in [0.25, 0.3) is 0 Å². The number of urea groups is 1. The Morgan fingerprint density at radius 2 is 1.72 bits per heavy atom. The van der Waals surface area contributed by atoms with Crippen LogP contribution in [-0.2, 0) is 0 Å². The van der Waals surface area contributed by atoms with E-state index in [1.54, 1.807) is 24.0 Å². The van der Waals surface area contributed by atoms with Crippen molar-refractivity contribution in [1.29, 1.82) is 0 Å². The lowest BCUT2D eigenvalue weighted by atomic mass is 10.2. The van der Waals surface area contributed by atoms with Crippen LogP contribution < -0.4 is 10.6 Å². The molecule has 1 atom stereocenters. The van der Waals surface area contributed by atoms with Gasteiger partial charge in [0.05, 0.1) is 6.04 Å². The average molecular weight is 461 g/mol. The molecule has 1 aromatic heterocycles. The molecule has 0 spiro atoms. The summed E-state index contributed by atoms with van der Waals surface area (Å²) in [5, 5.41) is 13.5. The summed E-state index contributed by atoms with van der Waals surface area (Å²) in [4.78, 5) is 26.7. The van der Waals surface area contributed by atoms with Crippen LogP contribution in [0.5, 0.6) is 0 Å². The minimum absolute atomic E-state index is 0.0256. The van der Waals surface area contributed by atoms with Crippen LogP contribution >= 0.6 is 11.3 Å². The maximum Gasteiger partial charge on any atom is 0.322 e. The highest BCUT2D eigenvalue weighted by Gasteiger charge is 2.33. The second-order valence-corrected chi connectivity index (χ2v) is 8.28. The van der Waals surface area contributed by atoms with Gasteiger partial charge in [0.1, 0.15) is 10.8 Å². The van der Waals surface area contributed by atoms with Crippen molar-refractivity contribution in [1.82, 2.24) is 15.1 Å². The van der Waals surface area contributed by atoms with Crippen LogP contribution in [0, 0.1) is 24.4 Å². The third kappa shape index (κ3) is 4.57. The van der Waals surface area contributed by atoms with Crippen LogP contribution in [0.1, 0.15) is 39.3 Å². The normalized spacial score (nSPS) is 15.6. The summed E-state index contributed by atoms with van der Waals surface area (Å²) in [6.07, 6.45) is 1.37. The molecule has 166 valence electrons. The molecule has 0 unspecified atom stereocenters. The molecule has 4 rings (SSSR count). The summed E-state index contributed by atoms with van der Waals surface area (Å²) >= 11 is 1.01. The topological polar surface area (TPSA) is 87.2 Å². The number of benzene rings is 2. The Bertz CT molecular complexity index is 1190. The van der Waals surface area contributed by atoms with E-state index < -0.39 is 29.4 Å². The number of nitrogens with zero attached hydrogens (tertiary/aromatic N) is 3. The zero-order chi connectivity index (χ0) is 22.8. The molecular weight excluding hydrogens is 443 g/mol. The lowest BCUT2D eigenvalue weighted by Crippen LogP contribution is -2.34. The minimum Gasteiger partial charge on any atom is -0.320 e. The number of likely N-dealkylation sites (tertiary alicyclic amines) is 1. The molecule has 2 heterocycles. The lowest BCUT2D eigenvalue weighted by molar-refractivity contribution is 0.102. The highest BCUT2D eigenvalue weighted by Crippen LogP contribution is 2.34. The molecule has 0 radical (unpaired) electrons. The van der Waals surface area contributed by atoms with Gasteiger partial charge < -0.3 is 15.5 Å². The van der Waals surface area contributed by atoms with Gasteiger partial charge >= 0.3 is 6.03 Å². The summed E-state index contributed by atoms with van der Waals surface area (Å²) in [5.41, 5.74) is 0.899. The number of nitrogens with one attached hydrogen (secondary N) is 2. The van der Waals surface area contributed by atoms with E-state index in [4.69, 9.17) is 0 Å².